The third kappa shape index (κ3) is 7.32. The Labute approximate surface area is 101 Å². The summed E-state index contributed by atoms with van der Waals surface area (Å²) in [7, 11) is 0. The summed E-state index contributed by atoms with van der Waals surface area (Å²) in [5, 5.41) is 2.37. The second-order valence-electron chi connectivity index (χ2n) is 4.67. The number of hydrogen-bond acceptors (Lipinski definition) is 4. The zero-order chi connectivity index (χ0) is 13.6. The number of esters is 1. The number of nitrogens with one attached hydrogen (secondary N) is 1. The van der Waals surface area contributed by atoms with Crippen LogP contribution in [0.2, 0.25) is 0 Å². The molecular weight excluding hydrogens is 224 g/mol. The number of nitrogens with two attached hydrogens (primary N) is 1. The second-order valence-corrected chi connectivity index (χ2v) is 4.67. The lowest BCUT2D eigenvalue weighted by Crippen LogP contribution is -2.46. The lowest BCUT2D eigenvalue weighted by molar-refractivity contribution is -0.156. The molecule has 0 aliphatic rings. The summed E-state index contributed by atoms with van der Waals surface area (Å²) < 4.78 is 5.04. The van der Waals surface area contributed by atoms with Gasteiger partial charge in [-0.25, -0.2) is 0 Å². The Morgan fingerprint density at radius 3 is 2.18 bits per heavy atom. The molecule has 0 aliphatic heterocycles. The first kappa shape index (κ1) is 15.4. The van der Waals surface area contributed by atoms with Crippen molar-refractivity contribution in [1.29, 1.82) is 0 Å². The maximum atomic E-state index is 11.5. The monoisotopic (exact) mass is 244 g/mol. The van der Waals surface area contributed by atoms with Gasteiger partial charge < -0.3 is 15.8 Å². The van der Waals surface area contributed by atoms with Gasteiger partial charge in [0.2, 0.25) is 11.8 Å². The minimum atomic E-state index is -1.02. The van der Waals surface area contributed by atoms with Gasteiger partial charge in [-0.05, 0) is 20.8 Å². The number of primary amides is 1. The molecule has 0 aromatic heterocycles. The van der Waals surface area contributed by atoms with E-state index >= 15 is 0 Å². The van der Waals surface area contributed by atoms with Crippen molar-refractivity contribution in [3.63, 3.8) is 0 Å². The van der Waals surface area contributed by atoms with Gasteiger partial charge in [-0.2, -0.15) is 0 Å². The van der Waals surface area contributed by atoms with Crippen LogP contribution < -0.4 is 11.1 Å². The second kappa shape index (κ2) is 6.22. The summed E-state index contributed by atoms with van der Waals surface area (Å²) in [5.74, 6) is -1.66. The van der Waals surface area contributed by atoms with E-state index in [0.717, 1.165) is 0 Å². The lowest BCUT2D eigenvalue weighted by atomic mass is 10.1. The molecule has 6 nitrogen and oxygen atoms in total. The molecule has 0 rings (SSSR count). The van der Waals surface area contributed by atoms with Gasteiger partial charge in [0.1, 0.15) is 11.6 Å². The number of hydrogen-bond donors (Lipinski definition) is 2. The van der Waals surface area contributed by atoms with E-state index in [-0.39, 0.29) is 18.7 Å². The fraction of sp³-hybridized carbons (Fsp3) is 0.727. The van der Waals surface area contributed by atoms with Crippen LogP contribution >= 0.6 is 0 Å². The first-order chi connectivity index (χ1) is 7.65. The Kier molecular flexibility index (Phi) is 5.64. The van der Waals surface area contributed by atoms with Crippen molar-refractivity contribution in [2.24, 2.45) is 5.73 Å². The molecule has 0 spiro atoms. The highest BCUT2D eigenvalue weighted by Crippen LogP contribution is 2.09. The van der Waals surface area contributed by atoms with Crippen LogP contribution in [0.25, 0.3) is 0 Å². The first-order valence-corrected chi connectivity index (χ1v) is 5.46. The van der Waals surface area contributed by atoms with Crippen LogP contribution in [0.1, 0.15) is 40.5 Å². The van der Waals surface area contributed by atoms with Crippen LogP contribution in [0, 0.1) is 0 Å². The Hall–Kier alpha value is -1.59. The predicted molar refractivity (Wildman–Crippen MR) is 61.9 cm³/mol. The summed E-state index contributed by atoms with van der Waals surface area (Å²) in [5.41, 5.74) is 4.46. The highest BCUT2D eigenvalue weighted by Gasteiger charge is 2.24. The SMILES string of the molecule is CCC(=O)N[C@H](CC(=O)OC(C)(C)C)C(N)=O. The molecule has 0 saturated heterocycles. The van der Waals surface area contributed by atoms with Crippen molar-refractivity contribution in [3.05, 3.63) is 0 Å². The molecule has 98 valence electrons. The van der Waals surface area contributed by atoms with E-state index in [1.54, 1.807) is 27.7 Å². The molecule has 0 aromatic rings. The summed E-state index contributed by atoms with van der Waals surface area (Å²) in [6.07, 6.45) is -0.0313. The number of amides is 2. The molecule has 6 heteroatoms. The highest BCUT2D eigenvalue weighted by atomic mass is 16.6. The normalized spacial score (nSPS) is 12.7. The van der Waals surface area contributed by atoms with Crippen LogP contribution in [0.5, 0.6) is 0 Å². The number of rotatable bonds is 5. The average Bonchev–Trinajstić information content (AvgIpc) is 2.13. The van der Waals surface area contributed by atoms with Crippen LogP contribution in [0.3, 0.4) is 0 Å². The van der Waals surface area contributed by atoms with E-state index in [2.05, 4.69) is 5.32 Å². The average molecular weight is 244 g/mol. The van der Waals surface area contributed by atoms with Crippen LogP contribution in [-0.4, -0.2) is 29.4 Å². The van der Waals surface area contributed by atoms with E-state index in [1.165, 1.54) is 0 Å². The van der Waals surface area contributed by atoms with Gasteiger partial charge in [0, 0.05) is 6.42 Å². The third-order valence-corrected chi connectivity index (χ3v) is 1.79. The predicted octanol–water partition coefficient (Wildman–Crippen LogP) is 0.0983. The zero-order valence-electron chi connectivity index (χ0n) is 10.7. The van der Waals surface area contributed by atoms with Gasteiger partial charge in [0.25, 0.3) is 0 Å². The van der Waals surface area contributed by atoms with Crippen LogP contribution in [-0.2, 0) is 19.1 Å². The Morgan fingerprint density at radius 1 is 1.29 bits per heavy atom. The van der Waals surface area contributed by atoms with E-state index < -0.39 is 23.5 Å². The maximum absolute atomic E-state index is 11.5. The molecule has 0 aromatic carbocycles. The minimum absolute atomic E-state index is 0.220. The van der Waals surface area contributed by atoms with Crippen molar-refractivity contribution >= 4 is 17.8 Å². The standard InChI is InChI=1S/C11H20N2O4/c1-5-8(14)13-7(10(12)16)6-9(15)17-11(2,3)4/h7H,5-6H2,1-4H3,(H2,12,16)(H,13,14)/t7-/m1/s1. The lowest BCUT2D eigenvalue weighted by Gasteiger charge is -2.21. The molecule has 3 N–H and O–H groups in total. The fourth-order valence-electron chi connectivity index (χ4n) is 1.07. The van der Waals surface area contributed by atoms with Crippen LogP contribution in [0.15, 0.2) is 0 Å². The van der Waals surface area contributed by atoms with E-state index in [1.807, 2.05) is 0 Å². The molecule has 0 bridgehead atoms. The first-order valence-electron chi connectivity index (χ1n) is 5.46. The smallest absolute Gasteiger partial charge is 0.308 e. The maximum Gasteiger partial charge on any atom is 0.308 e. The third-order valence-electron chi connectivity index (χ3n) is 1.79. The van der Waals surface area contributed by atoms with Gasteiger partial charge in [-0.15, -0.1) is 0 Å². The number of ether oxygens (including phenoxy) is 1. The summed E-state index contributed by atoms with van der Waals surface area (Å²) in [4.78, 5) is 33.6. The van der Waals surface area contributed by atoms with Crippen molar-refractivity contribution in [2.45, 2.75) is 52.2 Å². The Balaban J connectivity index is 4.41. The summed E-state index contributed by atoms with van der Waals surface area (Å²) in [6, 6.07) is -1.02. The van der Waals surface area contributed by atoms with E-state index in [9.17, 15) is 14.4 Å². The number of carbonyl (C=O) groups is 3. The summed E-state index contributed by atoms with van der Waals surface area (Å²) >= 11 is 0. The van der Waals surface area contributed by atoms with E-state index in [4.69, 9.17) is 10.5 Å². The highest BCUT2D eigenvalue weighted by molar-refractivity contribution is 5.89. The Morgan fingerprint density at radius 2 is 1.82 bits per heavy atom. The molecule has 0 heterocycles. The Bertz CT molecular complexity index is 307. The molecule has 0 fully saturated rings. The van der Waals surface area contributed by atoms with Gasteiger partial charge in [0.15, 0.2) is 0 Å². The van der Waals surface area contributed by atoms with Gasteiger partial charge in [-0.3, -0.25) is 14.4 Å². The van der Waals surface area contributed by atoms with Crippen molar-refractivity contribution in [2.75, 3.05) is 0 Å². The van der Waals surface area contributed by atoms with Crippen molar-refractivity contribution < 1.29 is 19.1 Å². The van der Waals surface area contributed by atoms with Crippen molar-refractivity contribution in [1.82, 2.24) is 5.32 Å². The fourth-order valence-corrected chi connectivity index (χ4v) is 1.07. The van der Waals surface area contributed by atoms with Gasteiger partial charge >= 0.3 is 5.97 Å². The molecule has 1 atom stereocenters. The largest absolute Gasteiger partial charge is 0.460 e. The molecule has 0 radical (unpaired) electrons. The molecule has 2 amide bonds. The number of carbonyl (C=O) groups excluding carboxylic acids is 3. The topological polar surface area (TPSA) is 98.5 Å². The van der Waals surface area contributed by atoms with Gasteiger partial charge in [0.05, 0.1) is 6.42 Å². The molecule has 0 aliphatic carbocycles. The molecule has 0 unspecified atom stereocenters. The van der Waals surface area contributed by atoms with Crippen molar-refractivity contribution in [3.8, 4) is 0 Å². The van der Waals surface area contributed by atoms with Crippen LogP contribution in [0.4, 0.5) is 0 Å². The molecule has 0 saturated carbocycles. The molecular formula is C11H20N2O4. The molecule has 17 heavy (non-hydrogen) atoms. The zero-order valence-corrected chi connectivity index (χ0v) is 10.7. The quantitative estimate of drug-likeness (QED) is 0.670. The van der Waals surface area contributed by atoms with Gasteiger partial charge in [-0.1, -0.05) is 6.92 Å². The minimum Gasteiger partial charge on any atom is -0.460 e. The van der Waals surface area contributed by atoms with E-state index in [0.29, 0.717) is 0 Å². The summed E-state index contributed by atoms with van der Waals surface area (Å²) in [6.45, 7) is 6.79.